The van der Waals surface area contributed by atoms with Crippen molar-refractivity contribution < 1.29 is 8.42 Å². The average Bonchev–Trinajstić information content (AvgIpc) is 2.88. The molecule has 20 heavy (non-hydrogen) atoms. The van der Waals surface area contributed by atoms with Crippen molar-refractivity contribution in [2.45, 2.75) is 18.7 Å². The van der Waals surface area contributed by atoms with Gasteiger partial charge in [-0.15, -0.1) is 0 Å². The topological polar surface area (TPSA) is 107 Å². The smallest absolute Gasteiger partial charge is 0.241 e. The van der Waals surface area contributed by atoms with E-state index in [2.05, 4.69) is 15.1 Å². The fourth-order valence-corrected chi connectivity index (χ4v) is 3.24. The molecule has 7 nitrogen and oxygen atoms in total. The normalized spacial score (nSPS) is 12.2. The van der Waals surface area contributed by atoms with Crippen molar-refractivity contribution in [3.63, 3.8) is 0 Å². The van der Waals surface area contributed by atoms with Gasteiger partial charge in [0.05, 0.1) is 22.4 Å². The summed E-state index contributed by atoms with van der Waals surface area (Å²) < 4.78 is 24.6. The second kappa shape index (κ2) is 4.15. The van der Waals surface area contributed by atoms with Crippen LogP contribution in [-0.4, -0.2) is 28.2 Å². The zero-order valence-corrected chi connectivity index (χ0v) is 11.8. The van der Waals surface area contributed by atoms with Crippen molar-refractivity contribution in [2.75, 3.05) is 0 Å². The molecule has 0 saturated heterocycles. The number of hydrogen-bond acceptors (Lipinski definition) is 4. The van der Waals surface area contributed by atoms with E-state index in [9.17, 15) is 8.42 Å². The van der Waals surface area contributed by atoms with E-state index in [0.29, 0.717) is 17.3 Å². The van der Waals surface area contributed by atoms with Gasteiger partial charge in [0.2, 0.25) is 16.0 Å². The van der Waals surface area contributed by atoms with Gasteiger partial charge >= 0.3 is 0 Å². The van der Waals surface area contributed by atoms with Gasteiger partial charge in [0.15, 0.2) is 0 Å². The van der Waals surface area contributed by atoms with Crippen molar-refractivity contribution in [1.82, 2.24) is 19.7 Å². The number of imidazole rings is 1. The maximum Gasteiger partial charge on any atom is 0.241 e. The molecular weight excluding hydrogens is 278 g/mol. The summed E-state index contributed by atoms with van der Waals surface area (Å²) in [5.41, 5.74) is 2.42. The summed E-state index contributed by atoms with van der Waals surface area (Å²) in [5.74, 6) is 0.460. The quantitative estimate of drug-likeness (QED) is 0.734. The summed E-state index contributed by atoms with van der Waals surface area (Å²) in [7, 11) is -3.81. The van der Waals surface area contributed by atoms with E-state index in [1.165, 1.54) is 4.68 Å². The summed E-state index contributed by atoms with van der Waals surface area (Å²) in [6, 6.07) is 7.52. The van der Waals surface area contributed by atoms with Gasteiger partial charge in [0, 0.05) is 0 Å². The number of nitrogens with one attached hydrogen (secondary N) is 1. The predicted octanol–water partition coefficient (Wildman–Crippen LogP) is 1.01. The van der Waals surface area contributed by atoms with Gasteiger partial charge in [-0.1, -0.05) is 12.1 Å². The highest BCUT2D eigenvalue weighted by atomic mass is 32.2. The number of aromatic amines is 1. The van der Waals surface area contributed by atoms with Crippen molar-refractivity contribution >= 4 is 21.1 Å². The van der Waals surface area contributed by atoms with Gasteiger partial charge < -0.3 is 4.98 Å². The van der Waals surface area contributed by atoms with E-state index in [-0.39, 0.29) is 4.90 Å². The zero-order valence-electron chi connectivity index (χ0n) is 11.0. The fourth-order valence-electron chi connectivity index (χ4n) is 2.29. The van der Waals surface area contributed by atoms with E-state index in [0.717, 1.165) is 11.0 Å². The summed E-state index contributed by atoms with van der Waals surface area (Å²) in [5, 5.41) is 9.42. The largest absolute Gasteiger partial charge is 0.322 e. The van der Waals surface area contributed by atoms with Crippen LogP contribution >= 0.6 is 0 Å². The standard InChI is InChI=1S/C12H13N5O2S/c1-7-11(20(13,18)19)8(2)17(16-7)12-14-9-5-3-4-6-10(9)15-12/h3-6H,1-2H3,(H,14,15)(H2,13,18,19). The molecule has 3 rings (SSSR count). The Morgan fingerprint density at radius 2 is 1.95 bits per heavy atom. The molecule has 0 bridgehead atoms. The van der Waals surface area contributed by atoms with E-state index in [4.69, 9.17) is 5.14 Å². The predicted molar refractivity (Wildman–Crippen MR) is 74.1 cm³/mol. The minimum Gasteiger partial charge on any atom is -0.322 e. The van der Waals surface area contributed by atoms with Crippen LogP contribution in [-0.2, 0) is 10.0 Å². The summed E-state index contributed by atoms with van der Waals surface area (Å²) in [6.45, 7) is 3.25. The Morgan fingerprint density at radius 3 is 2.55 bits per heavy atom. The first-order chi connectivity index (χ1) is 9.38. The number of H-pyrrole nitrogens is 1. The lowest BCUT2D eigenvalue weighted by Crippen LogP contribution is -2.14. The number of sulfonamides is 1. The number of rotatable bonds is 2. The molecule has 0 spiro atoms. The molecule has 0 aliphatic heterocycles. The molecule has 0 fully saturated rings. The van der Waals surface area contributed by atoms with Crippen LogP contribution < -0.4 is 5.14 Å². The van der Waals surface area contributed by atoms with Crippen LogP contribution in [0, 0.1) is 13.8 Å². The molecule has 3 N–H and O–H groups in total. The highest BCUT2D eigenvalue weighted by Crippen LogP contribution is 2.21. The minimum absolute atomic E-state index is 0.0398. The highest BCUT2D eigenvalue weighted by molar-refractivity contribution is 7.89. The van der Waals surface area contributed by atoms with E-state index < -0.39 is 10.0 Å². The Labute approximate surface area is 115 Å². The summed E-state index contributed by atoms with van der Waals surface area (Å²) in [4.78, 5) is 7.53. The van der Waals surface area contributed by atoms with Gasteiger partial charge in [-0.3, -0.25) is 0 Å². The fraction of sp³-hybridized carbons (Fsp3) is 0.167. The third-order valence-electron chi connectivity index (χ3n) is 3.09. The molecule has 0 unspecified atom stereocenters. The monoisotopic (exact) mass is 291 g/mol. The Balaban J connectivity index is 2.25. The molecule has 0 saturated carbocycles. The van der Waals surface area contributed by atoms with Gasteiger partial charge in [0.1, 0.15) is 4.90 Å². The number of nitrogens with two attached hydrogens (primary N) is 1. The molecule has 2 aromatic heterocycles. The highest BCUT2D eigenvalue weighted by Gasteiger charge is 2.22. The summed E-state index contributed by atoms with van der Waals surface area (Å²) in [6.07, 6.45) is 0. The Kier molecular flexibility index (Phi) is 2.66. The van der Waals surface area contributed by atoms with E-state index in [1.807, 2.05) is 24.3 Å². The molecule has 0 radical (unpaired) electrons. The number of fused-ring (bicyclic) bond motifs is 1. The second-order valence-electron chi connectivity index (χ2n) is 4.53. The van der Waals surface area contributed by atoms with Gasteiger partial charge in [-0.25, -0.2) is 23.2 Å². The van der Waals surface area contributed by atoms with Crippen LogP contribution in [0.5, 0.6) is 0 Å². The molecule has 3 aromatic rings. The van der Waals surface area contributed by atoms with Crippen LogP contribution in [0.1, 0.15) is 11.4 Å². The molecular formula is C12H13N5O2S. The lowest BCUT2D eigenvalue weighted by atomic mass is 10.3. The molecule has 1 aromatic carbocycles. The number of nitrogens with zero attached hydrogens (tertiary/aromatic N) is 3. The Hall–Kier alpha value is -2.19. The van der Waals surface area contributed by atoms with E-state index in [1.54, 1.807) is 13.8 Å². The minimum atomic E-state index is -3.81. The molecule has 104 valence electrons. The van der Waals surface area contributed by atoms with Crippen molar-refractivity contribution in [3.8, 4) is 5.95 Å². The number of hydrogen-bond donors (Lipinski definition) is 2. The maximum absolute atomic E-state index is 11.6. The maximum atomic E-state index is 11.6. The summed E-state index contributed by atoms with van der Waals surface area (Å²) >= 11 is 0. The molecule has 0 aliphatic rings. The second-order valence-corrected chi connectivity index (χ2v) is 6.03. The SMILES string of the molecule is Cc1nn(-c2nc3ccccc3[nH]2)c(C)c1S(N)(=O)=O. The van der Waals surface area contributed by atoms with Crippen LogP contribution in [0.15, 0.2) is 29.2 Å². The average molecular weight is 291 g/mol. The van der Waals surface area contributed by atoms with Crippen LogP contribution in [0.4, 0.5) is 0 Å². The number of benzene rings is 1. The first kappa shape index (κ1) is 12.8. The van der Waals surface area contributed by atoms with Crippen LogP contribution in [0.3, 0.4) is 0 Å². The van der Waals surface area contributed by atoms with Gasteiger partial charge in [-0.2, -0.15) is 5.10 Å². The molecule has 2 heterocycles. The van der Waals surface area contributed by atoms with Crippen LogP contribution in [0.2, 0.25) is 0 Å². The molecule has 0 aliphatic carbocycles. The van der Waals surface area contributed by atoms with Crippen molar-refractivity contribution in [2.24, 2.45) is 5.14 Å². The number of primary sulfonamides is 1. The number of aromatic nitrogens is 4. The molecule has 8 heteroatoms. The third kappa shape index (κ3) is 1.89. The Morgan fingerprint density at radius 1 is 1.25 bits per heavy atom. The number of para-hydroxylation sites is 2. The lowest BCUT2D eigenvalue weighted by Gasteiger charge is -2.00. The molecule has 0 amide bonds. The molecule has 0 atom stereocenters. The van der Waals surface area contributed by atoms with Gasteiger partial charge in [-0.05, 0) is 26.0 Å². The van der Waals surface area contributed by atoms with E-state index >= 15 is 0 Å². The van der Waals surface area contributed by atoms with Crippen molar-refractivity contribution in [3.05, 3.63) is 35.7 Å². The first-order valence-electron chi connectivity index (χ1n) is 5.92. The third-order valence-corrected chi connectivity index (χ3v) is 4.25. The van der Waals surface area contributed by atoms with Crippen molar-refractivity contribution in [1.29, 1.82) is 0 Å². The van der Waals surface area contributed by atoms with Crippen LogP contribution in [0.25, 0.3) is 17.0 Å². The zero-order chi connectivity index (χ0) is 14.5. The lowest BCUT2D eigenvalue weighted by molar-refractivity contribution is 0.596. The number of aryl methyl sites for hydroxylation is 1. The first-order valence-corrected chi connectivity index (χ1v) is 7.46. The Bertz CT molecular complexity index is 874. The van der Waals surface area contributed by atoms with Gasteiger partial charge in [0.25, 0.3) is 0 Å².